The number of aryl methyl sites for hydroxylation is 3. The lowest BCUT2D eigenvalue weighted by molar-refractivity contribution is 0.534. The predicted octanol–water partition coefficient (Wildman–Crippen LogP) is 4.32. The molecule has 5 nitrogen and oxygen atoms in total. The Morgan fingerprint density at radius 1 is 1.08 bits per heavy atom. The van der Waals surface area contributed by atoms with Crippen molar-refractivity contribution in [1.29, 1.82) is 0 Å². The Bertz CT molecular complexity index is 990. The highest BCUT2D eigenvalue weighted by molar-refractivity contribution is 7.92. The topological polar surface area (TPSA) is 72.2 Å². The van der Waals surface area contributed by atoms with Gasteiger partial charge in [0.25, 0.3) is 10.0 Å². The summed E-state index contributed by atoms with van der Waals surface area (Å²) < 4.78 is 33.7. The molecule has 1 N–H and O–H groups in total. The van der Waals surface area contributed by atoms with Gasteiger partial charge in [-0.25, -0.2) is 13.4 Å². The number of sulfonamides is 1. The molecule has 0 amide bonds. The number of benzene rings is 2. The molecule has 1 aromatic heterocycles. The molecular weight excluding hydrogens is 336 g/mol. The Morgan fingerprint density at radius 3 is 2.40 bits per heavy atom. The minimum Gasteiger partial charge on any atom is -0.441 e. The molecule has 0 saturated carbocycles. The van der Waals surface area contributed by atoms with E-state index >= 15 is 0 Å². The van der Waals surface area contributed by atoms with Crippen molar-refractivity contribution in [3.05, 3.63) is 65.7 Å². The summed E-state index contributed by atoms with van der Waals surface area (Å²) >= 11 is 0. The first kappa shape index (κ1) is 17.2. The fraction of sp³-hybridized carbons (Fsp3) is 0.211. The van der Waals surface area contributed by atoms with E-state index in [0.29, 0.717) is 28.5 Å². The third-order valence-corrected chi connectivity index (χ3v) is 5.52. The van der Waals surface area contributed by atoms with Crippen molar-refractivity contribution in [2.75, 3.05) is 4.72 Å². The van der Waals surface area contributed by atoms with E-state index in [2.05, 4.69) is 16.6 Å². The van der Waals surface area contributed by atoms with E-state index in [0.717, 1.165) is 12.0 Å². The van der Waals surface area contributed by atoms with Crippen LogP contribution in [0.2, 0.25) is 0 Å². The molecular formula is C19H20N2O3S. The maximum atomic E-state index is 12.8. The first-order valence-corrected chi connectivity index (χ1v) is 9.52. The SMILES string of the molecule is CCc1ccc(NS(=O)(=O)c2cc(-c3cnc(C)o3)ccc2C)cc1. The second kappa shape index (κ2) is 6.72. The lowest BCUT2D eigenvalue weighted by Gasteiger charge is -2.12. The van der Waals surface area contributed by atoms with Crippen molar-refractivity contribution in [1.82, 2.24) is 4.98 Å². The van der Waals surface area contributed by atoms with Gasteiger partial charge in [-0.3, -0.25) is 4.72 Å². The molecule has 3 aromatic rings. The number of rotatable bonds is 5. The van der Waals surface area contributed by atoms with E-state index < -0.39 is 10.0 Å². The third kappa shape index (κ3) is 3.74. The molecule has 0 unspecified atom stereocenters. The normalized spacial score (nSPS) is 11.5. The van der Waals surface area contributed by atoms with Gasteiger partial charge < -0.3 is 4.42 Å². The van der Waals surface area contributed by atoms with Crippen LogP contribution in [0.5, 0.6) is 0 Å². The summed E-state index contributed by atoms with van der Waals surface area (Å²) in [6.45, 7) is 5.57. The summed E-state index contributed by atoms with van der Waals surface area (Å²) in [6.07, 6.45) is 2.50. The monoisotopic (exact) mass is 356 g/mol. The van der Waals surface area contributed by atoms with Crippen molar-refractivity contribution in [3.8, 4) is 11.3 Å². The molecule has 1 heterocycles. The van der Waals surface area contributed by atoms with Crippen LogP contribution in [0.15, 0.2) is 58.0 Å². The lowest BCUT2D eigenvalue weighted by atomic mass is 10.1. The maximum absolute atomic E-state index is 12.8. The van der Waals surface area contributed by atoms with Gasteiger partial charge in [0, 0.05) is 18.2 Å². The zero-order valence-corrected chi connectivity index (χ0v) is 15.2. The van der Waals surface area contributed by atoms with Crippen LogP contribution in [0.4, 0.5) is 5.69 Å². The first-order chi connectivity index (χ1) is 11.9. The summed E-state index contributed by atoms with van der Waals surface area (Å²) in [4.78, 5) is 4.28. The summed E-state index contributed by atoms with van der Waals surface area (Å²) in [5, 5.41) is 0. The standard InChI is InChI=1S/C19H20N2O3S/c1-4-15-6-9-17(10-7-15)21-25(22,23)19-11-16(8-5-13(19)2)18-12-20-14(3)24-18/h5-12,21H,4H2,1-3H3. The van der Waals surface area contributed by atoms with Crippen LogP contribution in [0.25, 0.3) is 11.3 Å². The molecule has 0 radical (unpaired) electrons. The molecule has 0 spiro atoms. The first-order valence-electron chi connectivity index (χ1n) is 8.04. The van der Waals surface area contributed by atoms with Gasteiger partial charge in [-0.15, -0.1) is 0 Å². The van der Waals surface area contributed by atoms with Gasteiger partial charge in [-0.2, -0.15) is 0 Å². The van der Waals surface area contributed by atoms with E-state index in [1.54, 1.807) is 44.3 Å². The van der Waals surface area contributed by atoms with Gasteiger partial charge in [0.15, 0.2) is 11.7 Å². The van der Waals surface area contributed by atoms with Gasteiger partial charge in [0.2, 0.25) is 0 Å². The number of nitrogens with zero attached hydrogens (tertiary/aromatic N) is 1. The highest BCUT2D eigenvalue weighted by atomic mass is 32.2. The quantitative estimate of drug-likeness (QED) is 0.739. The highest BCUT2D eigenvalue weighted by Crippen LogP contribution is 2.27. The van der Waals surface area contributed by atoms with E-state index in [-0.39, 0.29) is 4.90 Å². The molecule has 3 rings (SSSR count). The second-order valence-electron chi connectivity index (χ2n) is 5.88. The summed E-state index contributed by atoms with van der Waals surface area (Å²) in [5.41, 5.74) is 3.03. The number of nitrogens with one attached hydrogen (secondary N) is 1. The van der Waals surface area contributed by atoms with Crippen LogP contribution in [-0.4, -0.2) is 13.4 Å². The van der Waals surface area contributed by atoms with E-state index in [1.807, 2.05) is 18.2 Å². The Hall–Kier alpha value is -2.60. The van der Waals surface area contributed by atoms with Gasteiger partial charge >= 0.3 is 0 Å². The molecule has 6 heteroatoms. The molecule has 130 valence electrons. The third-order valence-electron chi connectivity index (χ3n) is 4.00. The average molecular weight is 356 g/mol. The molecule has 0 bridgehead atoms. The Balaban J connectivity index is 1.95. The average Bonchev–Trinajstić information content (AvgIpc) is 3.02. The highest BCUT2D eigenvalue weighted by Gasteiger charge is 2.19. The van der Waals surface area contributed by atoms with Crippen molar-refractivity contribution in [2.45, 2.75) is 32.1 Å². The van der Waals surface area contributed by atoms with E-state index in [9.17, 15) is 8.42 Å². The molecule has 0 aliphatic heterocycles. The van der Waals surface area contributed by atoms with Crippen LogP contribution in [0.1, 0.15) is 23.9 Å². The fourth-order valence-electron chi connectivity index (χ4n) is 2.56. The minimum atomic E-state index is -3.70. The zero-order chi connectivity index (χ0) is 18.0. The van der Waals surface area contributed by atoms with Crippen molar-refractivity contribution in [2.24, 2.45) is 0 Å². The number of oxazole rings is 1. The Kier molecular flexibility index (Phi) is 4.63. The molecule has 0 fully saturated rings. The van der Waals surface area contributed by atoms with Crippen LogP contribution in [0, 0.1) is 13.8 Å². The number of hydrogen-bond donors (Lipinski definition) is 1. The lowest BCUT2D eigenvalue weighted by Crippen LogP contribution is -2.14. The summed E-state index contributed by atoms with van der Waals surface area (Å²) in [7, 11) is -3.70. The fourth-order valence-corrected chi connectivity index (χ4v) is 3.89. The molecule has 2 aromatic carbocycles. The van der Waals surface area contributed by atoms with Crippen molar-refractivity contribution < 1.29 is 12.8 Å². The van der Waals surface area contributed by atoms with E-state index in [1.165, 1.54) is 0 Å². The number of hydrogen-bond acceptors (Lipinski definition) is 4. The number of aromatic nitrogens is 1. The van der Waals surface area contributed by atoms with Crippen LogP contribution in [0.3, 0.4) is 0 Å². The van der Waals surface area contributed by atoms with Crippen LogP contribution < -0.4 is 4.72 Å². The molecule has 0 atom stereocenters. The van der Waals surface area contributed by atoms with Crippen LogP contribution in [-0.2, 0) is 16.4 Å². The number of anilines is 1. The van der Waals surface area contributed by atoms with Crippen molar-refractivity contribution in [3.63, 3.8) is 0 Å². The summed E-state index contributed by atoms with van der Waals surface area (Å²) in [6, 6.07) is 12.6. The zero-order valence-electron chi connectivity index (χ0n) is 14.4. The Morgan fingerprint density at radius 2 is 1.80 bits per heavy atom. The van der Waals surface area contributed by atoms with Gasteiger partial charge in [0.1, 0.15) is 0 Å². The van der Waals surface area contributed by atoms with E-state index in [4.69, 9.17) is 4.42 Å². The molecule has 0 aliphatic rings. The maximum Gasteiger partial charge on any atom is 0.262 e. The van der Waals surface area contributed by atoms with Gasteiger partial charge in [-0.1, -0.05) is 31.2 Å². The predicted molar refractivity (Wildman–Crippen MR) is 98.0 cm³/mol. The van der Waals surface area contributed by atoms with Gasteiger partial charge in [-0.05, 0) is 42.7 Å². The van der Waals surface area contributed by atoms with Crippen molar-refractivity contribution >= 4 is 15.7 Å². The molecule has 25 heavy (non-hydrogen) atoms. The Labute approximate surface area is 147 Å². The largest absolute Gasteiger partial charge is 0.441 e. The smallest absolute Gasteiger partial charge is 0.262 e. The van der Waals surface area contributed by atoms with Gasteiger partial charge in [0.05, 0.1) is 11.1 Å². The molecule has 0 aliphatic carbocycles. The summed E-state index contributed by atoms with van der Waals surface area (Å²) in [5.74, 6) is 1.08. The minimum absolute atomic E-state index is 0.221. The molecule has 0 saturated heterocycles. The second-order valence-corrected chi connectivity index (χ2v) is 7.53. The van der Waals surface area contributed by atoms with Crippen LogP contribution >= 0.6 is 0 Å².